The summed E-state index contributed by atoms with van der Waals surface area (Å²) in [5.74, 6) is 0.863. The van der Waals surface area contributed by atoms with E-state index >= 15 is 0 Å². The van der Waals surface area contributed by atoms with Crippen molar-refractivity contribution in [1.82, 2.24) is 14.9 Å². The lowest BCUT2D eigenvalue weighted by Gasteiger charge is -2.29. The van der Waals surface area contributed by atoms with E-state index in [1.54, 1.807) is 0 Å². The van der Waals surface area contributed by atoms with Gasteiger partial charge in [-0.1, -0.05) is 133 Å². The molecule has 270 valence electrons. The zero-order valence-electron chi connectivity index (χ0n) is 31.2. The average molecular weight is 733 g/mol. The first-order valence-corrected chi connectivity index (χ1v) is 19.4. The molecule has 1 unspecified atom stereocenters. The van der Waals surface area contributed by atoms with Gasteiger partial charge in [-0.15, -0.1) is 0 Å². The molecule has 0 saturated heterocycles. The van der Waals surface area contributed by atoms with Crippen LogP contribution in [0, 0.1) is 0 Å². The Morgan fingerprint density at radius 1 is 0.526 bits per heavy atom. The summed E-state index contributed by atoms with van der Waals surface area (Å²) in [6, 6.07) is 64.1. The highest BCUT2D eigenvalue weighted by Crippen LogP contribution is 2.40. The molecule has 0 fully saturated rings. The van der Waals surface area contributed by atoms with Crippen LogP contribution in [0.1, 0.15) is 29.7 Å². The SMILES string of the molecule is CC1=C(c2ccc(-c3nccc4oc5ccc(-c6ccc7c(c6)c6ccccc6n7-c6ccccc6)cc5c34)cc2)N=C(c2ccccc2)NC1c1ccccc1. The van der Waals surface area contributed by atoms with Crippen molar-refractivity contribution in [2.24, 2.45) is 4.99 Å². The zero-order chi connectivity index (χ0) is 37.9. The van der Waals surface area contributed by atoms with E-state index < -0.39 is 0 Å². The Labute approximate surface area is 329 Å². The summed E-state index contributed by atoms with van der Waals surface area (Å²) in [7, 11) is 0. The van der Waals surface area contributed by atoms with Crippen molar-refractivity contribution in [3.63, 3.8) is 0 Å². The first kappa shape index (κ1) is 32.9. The molecule has 0 bridgehead atoms. The van der Waals surface area contributed by atoms with Crippen molar-refractivity contribution < 1.29 is 4.42 Å². The average Bonchev–Trinajstić information content (AvgIpc) is 3.83. The Kier molecular flexibility index (Phi) is 7.71. The highest BCUT2D eigenvalue weighted by atomic mass is 16.3. The molecule has 11 rings (SSSR count). The fourth-order valence-electron chi connectivity index (χ4n) is 8.54. The molecule has 0 spiro atoms. The number of rotatable bonds is 6. The van der Waals surface area contributed by atoms with Crippen molar-refractivity contribution in [2.75, 3.05) is 0 Å². The second-order valence-electron chi connectivity index (χ2n) is 14.7. The number of benzene rings is 7. The van der Waals surface area contributed by atoms with Gasteiger partial charge in [0.1, 0.15) is 17.0 Å². The van der Waals surface area contributed by atoms with Crippen LogP contribution < -0.4 is 5.32 Å². The highest BCUT2D eigenvalue weighted by molar-refractivity contribution is 6.14. The quantitative estimate of drug-likeness (QED) is 0.185. The van der Waals surface area contributed by atoms with Crippen LogP contribution in [0.2, 0.25) is 0 Å². The molecule has 1 aliphatic rings. The number of para-hydroxylation sites is 2. The fourth-order valence-corrected chi connectivity index (χ4v) is 8.54. The maximum Gasteiger partial charge on any atom is 0.139 e. The minimum Gasteiger partial charge on any atom is -0.456 e. The van der Waals surface area contributed by atoms with E-state index in [4.69, 9.17) is 14.4 Å². The minimum absolute atomic E-state index is 0.00120. The molecule has 0 aliphatic carbocycles. The molecule has 5 nitrogen and oxygen atoms in total. The monoisotopic (exact) mass is 732 g/mol. The number of amidine groups is 1. The topological polar surface area (TPSA) is 55.4 Å². The van der Waals surface area contributed by atoms with Gasteiger partial charge in [0.15, 0.2) is 0 Å². The number of aromatic nitrogens is 2. The van der Waals surface area contributed by atoms with Gasteiger partial charge in [-0.3, -0.25) is 4.98 Å². The maximum absolute atomic E-state index is 6.45. The number of pyridine rings is 1. The second-order valence-corrected chi connectivity index (χ2v) is 14.7. The van der Waals surface area contributed by atoms with E-state index in [1.807, 2.05) is 18.3 Å². The summed E-state index contributed by atoms with van der Waals surface area (Å²) in [6.07, 6.45) is 1.84. The summed E-state index contributed by atoms with van der Waals surface area (Å²) in [5.41, 5.74) is 14.8. The Morgan fingerprint density at radius 3 is 1.95 bits per heavy atom. The van der Waals surface area contributed by atoms with E-state index in [0.717, 1.165) is 72.7 Å². The van der Waals surface area contributed by atoms with E-state index in [9.17, 15) is 0 Å². The largest absolute Gasteiger partial charge is 0.456 e. The third-order valence-corrected chi connectivity index (χ3v) is 11.3. The van der Waals surface area contributed by atoms with Crippen molar-refractivity contribution >= 4 is 55.3 Å². The van der Waals surface area contributed by atoms with Crippen LogP contribution in [0.5, 0.6) is 0 Å². The van der Waals surface area contributed by atoms with E-state index in [2.05, 4.69) is 187 Å². The number of aliphatic imine (C=N–C) groups is 1. The standard InChI is InChI=1S/C52H36N4O/c1-33-49(34-13-5-2-6-14-34)54-52(37-15-7-3-8-16-37)55-50(33)35-21-23-36(24-22-35)51-48-43-32-39(26-28-46(43)57-47(48)29-30-53-51)38-25-27-45-42(31-38)41-19-11-12-20-44(41)56(45)40-17-9-4-10-18-40/h2-32,49H,1H3,(H,54,55). The smallest absolute Gasteiger partial charge is 0.139 e. The molecule has 4 heterocycles. The summed E-state index contributed by atoms with van der Waals surface area (Å²) in [4.78, 5) is 10.2. The zero-order valence-corrected chi connectivity index (χ0v) is 31.2. The van der Waals surface area contributed by atoms with Crippen LogP contribution in [0.15, 0.2) is 203 Å². The second kappa shape index (κ2) is 13.4. The van der Waals surface area contributed by atoms with Crippen LogP contribution in [0.25, 0.3) is 77.5 Å². The van der Waals surface area contributed by atoms with Crippen LogP contribution in [-0.2, 0) is 0 Å². The molecule has 7 aromatic carbocycles. The molecule has 10 aromatic rings. The Bertz CT molecular complexity index is 3190. The number of nitrogens with one attached hydrogen (secondary N) is 1. The van der Waals surface area contributed by atoms with Gasteiger partial charge >= 0.3 is 0 Å². The van der Waals surface area contributed by atoms with Crippen LogP contribution >= 0.6 is 0 Å². The van der Waals surface area contributed by atoms with Gasteiger partial charge < -0.3 is 14.3 Å². The first-order chi connectivity index (χ1) is 28.2. The Hall–Kier alpha value is -7.50. The van der Waals surface area contributed by atoms with Crippen LogP contribution in [0.4, 0.5) is 0 Å². The predicted octanol–water partition coefficient (Wildman–Crippen LogP) is 12.9. The summed E-state index contributed by atoms with van der Waals surface area (Å²) in [6.45, 7) is 2.18. The molecule has 0 amide bonds. The number of hydrogen-bond acceptors (Lipinski definition) is 4. The number of nitrogens with zero attached hydrogens (tertiary/aromatic N) is 3. The van der Waals surface area contributed by atoms with Crippen molar-refractivity contribution in [1.29, 1.82) is 0 Å². The molecular formula is C52H36N4O. The van der Waals surface area contributed by atoms with E-state index in [0.29, 0.717) is 0 Å². The van der Waals surface area contributed by atoms with Gasteiger partial charge in [0, 0.05) is 44.7 Å². The van der Waals surface area contributed by atoms with Crippen LogP contribution in [-0.4, -0.2) is 15.4 Å². The van der Waals surface area contributed by atoms with Crippen molar-refractivity contribution in [3.05, 3.63) is 210 Å². The molecule has 1 aliphatic heterocycles. The van der Waals surface area contributed by atoms with E-state index in [-0.39, 0.29) is 6.04 Å². The van der Waals surface area contributed by atoms with Crippen LogP contribution in [0.3, 0.4) is 0 Å². The lowest BCUT2D eigenvalue weighted by Crippen LogP contribution is -2.33. The highest BCUT2D eigenvalue weighted by Gasteiger charge is 2.25. The molecule has 5 heteroatoms. The molecular weight excluding hydrogens is 697 g/mol. The molecule has 3 aromatic heterocycles. The van der Waals surface area contributed by atoms with Gasteiger partial charge in [-0.25, -0.2) is 4.99 Å². The predicted molar refractivity (Wildman–Crippen MR) is 235 cm³/mol. The lowest BCUT2D eigenvalue weighted by molar-refractivity contribution is 0.668. The lowest BCUT2D eigenvalue weighted by atomic mass is 9.93. The molecule has 1 atom stereocenters. The normalized spacial score (nSPS) is 14.4. The Morgan fingerprint density at radius 2 is 1.16 bits per heavy atom. The van der Waals surface area contributed by atoms with Gasteiger partial charge in [-0.2, -0.15) is 0 Å². The van der Waals surface area contributed by atoms with Gasteiger partial charge in [0.05, 0.1) is 33.9 Å². The van der Waals surface area contributed by atoms with Crippen molar-refractivity contribution in [2.45, 2.75) is 13.0 Å². The Balaban J connectivity index is 0.999. The van der Waals surface area contributed by atoms with Gasteiger partial charge in [-0.05, 0) is 77.7 Å². The van der Waals surface area contributed by atoms with Crippen molar-refractivity contribution in [3.8, 4) is 28.1 Å². The number of hydrogen-bond donors (Lipinski definition) is 1. The van der Waals surface area contributed by atoms with E-state index in [1.165, 1.54) is 32.9 Å². The third-order valence-electron chi connectivity index (χ3n) is 11.3. The summed E-state index contributed by atoms with van der Waals surface area (Å²) in [5, 5.41) is 8.23. The van der Waals surface area contributed by atoms with Gasteiger partial charge in [0.25, 0.3) is 0 Å². The van der Waals surface area contributed by atoms with Gasteiger partial charge in [0.2, 0.25) is 0 Å². The number of fused-ring (bicyclic) bond motifs is 6. The summed E-state index contributed by atoms with van der Waals surface area (Å²) >= 11 is 0. The maximum atomic E-state index is 6.45. The fraction of sp³-hybridized carbons (Fsp3) is 0.0385. The first-order valence-electron chi connectivity index (χ1n) is 19.4. The molecule has 57 heavy (non-hydrogen) atoms. The number of furan rings is 1. The molecule has 0 saturated carbocycles. The third kappa shape index (κ3) is 5.55. The minimum atomic E-state index is -0.00120. The molecule has 0 radical (unpaired) electrons. The summed E-state index contributed by atoms with van der Waals surface area (Å²) < 4.78 is 8.80. The molecule has 1 N–H and O–H groups in total.